The Bertz CT molecular complexity index is 589. The van der Waals surface area contributed by atoms with Gasteiger partial charge in [-0.25, -0.2) is 0 Å². The highest BCUT2D eigenvalue weighted by atomic mass is 16.4. The monoisotopic (exact) mass is 295 g/mol. The van der Waals surface area contributed by atoms with Crippen LogP contribution in [-0.4, -0.2) is 48.0 Å². The van der Waals surface area contributed by atoms with E-state index in [1.165, 1.54) is 4.80 Å². The quantitative estimate of drug-likeness (QED) is 0.762. The summed E-state index contributed by atoms with van der Waals surface area (Å²) in [6.07, 6.45) is -0.429. The fourth-order valence-electron chi connectivity index (χ4n) is 2.02. The van der Waals surface area contributed by atoms with E-state index in [9.17, 15) is 14.4 Å². The zero-order chi connectivity index (χ0) is 15.8. The molecule has 1 unspecified atom stereocenters. The molecule has 0 aromatic carbocycles. The number of hydrogen-bond acceptors (Lipinski definition) is 6. The molecule has 9 heteroatoms. The van der Waals surface area contributed by atoms with Crippen LogP contribution in [0.1, 0.15) is 39.4 Å². The van der Waals surface area contributed by atoms with E-state index < -0.39 is 23.7 Å². The van der Waals surface area contributed by atoms with Gasteiger partial charge in [-0.15, -0.1) is 10.2 Å². The third-order valence-electron chi connectivity index (χ3n) is 3.11. The van der Waals surface area contributed by atoms with Crippen LogP contribution in [0.3, 0.4) is 0 Å². The summed E-state index contributed by atoms with van der Waals surface area (Å²) in [5, 5.41) is 20.6. The van der Waals surface area contributed by atoms with Crippen molar-refractivity contribution in [3.63, 3.8) is 0 Å². The minimum absolute atomic E-state index is 0.0795. The van der Waals surface area contributed by atoms with Crippen LogP contribution in [0.25, 0.3) is 0 Å². The summed E-state index contributed by atoms with van der Waals surface area (Å²) < 4.78 is 0. The minimum Gasteiger partial charge on any atom is -0.481 e. The van der Waals surface area contributed by atoms with Gasteiger partial charge in [-0.1, -0.05) is 0 Å². The Balaban J connectivity index is 2.09. The number of imide groups is 1. The van der Waals surface area contributed by atoms with Gasteiger partial charge in [0.05, 0.1) is 24.4 Å². The molecule has 1 aliphatic rings. The van der Waals surface area contributed by atoms with Gasteiger partial charge in [0.1, 0.15) is 0 Å². The van der Waals surface area contributed by atoms with Crippen LogP contribution < -0.4 is 0 Å². The van der Waals surface area contributed by atoms with Gasteiger partial charge < -0.3 is 5.11 Å². The molecule has 0 radical (unpaired) electrons. The fourth-order valence-corrected chi connectivity index (χ4v) is 2.02. The maximum Gasteiger partial charge on any atom is 0.304 e. The summed E-state index contributed by atoms with van der Waals surface area (Å²) in [5.41, 5.74) is -0.351. The summed E-state index contributed by atoms with van der Waals surface area (Å²) in [4.78, 5) is 36.9. The number of aromatic nitrogens is 4. The first kappa shape index (κ1) is 15.1. The van der Waals surface area contributed by atoms with Crippen molar-refractivity contribution >= 4 is 17.8 Å². The van der Waals surface area contributed by atoms with Crippen molar-refractivity contribution in [1.29, 1.82) is 0 Å². The average Bonchev–Trinajstić information content (AvgIpc) is 2.90. The lowest BCUT2D eigenvalue weighted by atomic mass is 10.0. The summed E-state index contributed by atoms with van der Waals surface area (Å²) in [7, 11) is 0. The number of carbonyl (C=O) groups excluding carboxylic acids is 2. The molecule has 1 N–H and O–H groups in total. The van der Waals surface area contributed by atoms with Crippen molar-refractivity contribution in [3.8, 4) is 0 Å². The molecule has 114 valence electrons. The van der Waals surface area contributed by atoms with Crippen LogP contribution in [0.2, 0.25) is 0 Å². The Morgan fingerprint density at radius 2 is 2.05 bits per heavy atom. The number of hydrogen-bond donors (Lipinski definition) is 1. The Labute approximate surface area is 120 Å². The second-order valence-corrected chi connectivity index (χ2v) is 5.98. The van der Waals surface area contributed by atoms with Crippen LogP contribution >= 0.6 is 0 Å². The third kappa shape index (κ3) is 3.23. The summed E-state index contributed by atoms with van der Waals surface area (Å²) in [6.45, 7) is 5.61. The highest BCUT2D eigenvalue weighted by Crippen LogP contribution is 2.23. The number of aliphatic carboxylic acids is 1. The van der Waals surface area contributed by atoms with Crippen LogP contribution in [0.5, 0.6) is 0 Å². The van der Waals surface area contributed by atoms with Gasteiger partial charge in [-0.3, -0.25) is 19.3 Å². The van der Waals surface area contributed by atoms with Crippen molar-refractivity contribution in [1.82, 2.24) is 25.1 Å². The molecule has 0 bridgehead atoms. The van der Waals surface area contributed by atoms with Crippen molar-refractivity contribution in [2.45, 2.75) is 45.7 Å². The van der Waals surface area contributed by atoms with Gasteiger partial charge in [0.2, 0.25) is 11.8 Å². The number of tetrazole rings is 1. The third-order valence-corrected chi connectivity index (χ3v) is 3.11. The van der Waals surface area contributed by atoms with Crippen LogP contribution in [-0.2, 0) is 26.5 Å². The molecular weight excluding hydrogens is 278 g/mol. The molecule has 2 rings (SSSR count). The predicted octanol–water partition coefficient (Wildman–Crippen LogP) is -0.222. The molecule has 9 nitrogen and oxygen atoms in total. The van der Waals surface area contributed by atoms with E-state index in [2.05, 4.69) is 15.4 Å². The van der Waals surface area contributed by atoms with E-state index in [-0.39, 0.29) is 30.7 Å². The minimum atomic E-state index is -1.10. The lowest BCUT2D eigenvalue weighted by Gasteiger charge is -2.15. The normalized spacial score (nSPS) is 19.4. The first-order valence-corrected chi connectivity index (χ1v) is 6.54. The maximum absolute atomic E-state index is 12.0. The van der Waals surface area contributed by atoms with E-state index >= 15 is 0 Å². The summed E-state index contributed by atoms with van der Waals surface area (Å²) >= 11 is 0. The number of likely N-dealkylation sites (tertiary alicyclic amines) is 1. The largest absolute Gasteiger partial charge is 0.481 e. The molecule has 0 spiro atoms. The SMILES string of the molecule is CC(C)(C)n1nnc(CN2C(=O)CC(CC(=O)O)C2=O)n1. The van der Waals surface area contributed by atoms with E-state index in [0.29, 0.717) is 0 Å². The topological polar surface area (TPSA) is 118 Å². The molecular formula is C12H17N5O4. The Morgan fingerprint density at radius 3 is 2.57 bits per heavy atom. The lowest BCUT2D eigenvalue weighted by molar-refractivity contribution is -0.144. The molecule has 2 amide bonds. The molecule has 1 aromatic heterocycles. The van der Waals surface area contributed by atoms with Gasteiger partial charge in [-0.2, -0.15) is 4.80 Å². The summed E-state index contributed by atoms with van der Waals surface area (Å²) in [5.74, 6) is -2.54. The van der Waals surface area contributed by atoms with Crippen molar-refractivity contribution < 1.29 is 19.5 Å². The highest BCUT2D eigenvalue weighted by molar-refractivity contribution is 6.04. The Morgan fingerprint density at radius 1 is 1.38 bits per heavy atom. The van der Waals surface area contributed by atoms with E-state index in [1.807, 2.05) is 20.8 Å². The number of carboxylic acids is 1. The second-order valence-electron chi connectivity index (χ2n) is 5.98. The smallest absolute Gasteiger partial charge is 0.304 e. The molecule has 1 fully saturated rings. The molecule has 0 saturated carbocycles. The molecule has 21 heavy (non-hydrogen) atoms. The molecule has 1 aromatic rings. The van der Waals surface area contributed by atoms with Gasteiger partial charge in [0, 0.05) is 6.42 Å². The van der Waals surface area contributed by atoms with Gasteiger partial charge >= 0.3 is 5.97 Å². The number of carboxylic acid groups (broad SMARTS) is 1. The molecule has 2 heterocycles. The van der Waals surface area contributed by atoms with Crippen molar-refractivity contribution in [3.05, 3.63) is 5.82 Å². The number of rotatable bonds is 4. The first-order chi connectivity index (χ1) is 9.68. The Kier molecular flexibility index (Phi) is 3.75. The Hall–Kier alpha value is -2.32. The average molecular weight is 295 g/mol. The van der Waals surface area contributed by atoms with Crippen LogP contribution in [0.15, 0.2) is 0 Å². The van der Waals surface area contributed by atoms with Crippen LogP contribution in [0, 0.1) is 5.92 Å². The fraction of sp³-hybridized carbons (Fsp3) is 0.667. The molecule has 1 aliphatic heterocycles. The van der Waals surface area contributed by atoms with E-state index in [0.717, 1.165) is 4.90 Å². The molecule has 1 atom stereocenters. The zero-order valence-corrected chi connectivity index (χ0v) is 12.1. The van der Waals surface area contributed by atoms with E-state index in [1.54, 1.807) is 0 Å². The van der Waals surface area contributed by atoms with Crippen molar-refractivity contribution in [2.75, 3.05) is 0 Å². The number of carbonyl (C=O) groups is 3. The number of nitrogens with zero attached hydrogens (tertiary/aromatic N) is 5. The maximum atomic E-state index is 12.0. The standard InChI is InChI=1S/C12H17N5O4/c1-12(2,3)17-14-8(13-15-17)6-16-9(18)4-7(11(16)21)5-10(19)20/h7H,4-6H2,1-3H3,(H,19,20). The van der Waals surface area contributed by atoms with Gasteiger partial charge in [0.15, 0.2) is 5.82 Å². The van der Waals surface area contributed by atoms with E-state index in [4.69, 9.17) is 5.11 Å². The second kappa shape index (κ2) is 5.23. The predicted molar refractivity (Wildman–Crippen MR) is 68.7 cm³/mol. The molecule has 1 saturated heterocycles. The number of amides is 2. The summed E-state index contributed by atoms with van der Waals surface area (Å²) in [6, 6.07) is 0. The van der Waals surface area contributed by atoms with Gasteiger partial charge in [-0.05, 0) is 26.0 Å². The lowest BCUT2D eigenvalue weighted by Crippen LogP contribution is -2.31. The molecule has 0 aliphatic carbocycles. The van der Waals surface area contributed by atoms with Crippen molar-refractivity contribution in [2.24, 2.45) is 5.92 Å². The zero-order valence-electron chi connectivity index (χ0n) is 12.1. The van der Waals surface area contributed by atoms with Crippen LogP contribution in [0.4, 0.5) is 0 Å². The first-order valence-electron chi connectivity index (χ1n) is 6.54. The highest BCUT2D eigenvalue weighted by Gasteiger charge is 2.40. The van der Waals surface area contributed by atoms with Gasteiger partial charge in [0.25, 0.3) is 0 Å².